The fourth-order valence-electron chi connectivity index (χ4n) is 6.56. The standard InChI is InChI=1S/C44H84NO6/c1-5-7-9-11-13-15-17-19-21-23-25-27-29-31-33-35-43(48)50-40-42(38-45(3,4)37-41(47)39-46)51-44(49)36-34-32-30-28-26-24-22-20-18-16-14-12-10-8-6-2/h19-22,41-42,46-47H,5-18,23-40H2,1-4H3/q+1/t41?,42-/m0/s1. The Labute approximate surface area is 315 Å². The van der Waals surface area contributed by atoms with Gasteiger partial charge in [-0.15, -0.1) is 0 Å². The lowest BCUT2D eigenvalue weighted by atomic mass is 10.1. The van der Waals surface area contributed by atoms with Gasteiger partial charge in [-0.05, 0) is 64.2 Å². The predicted molar refractivity (Wildman–Crippen MR) is 215 cm³/mol. The summed E-state index contributed by atoms with van der Waals surface area (Å²) in [5.74, 6) is -0.528. The molecule has 0 aromatic heterocycles. The van der Waals surface area contributed by atoms with E-state index in [4.69, 9.17) is 9.47 Å². The minimum Gasteiger partial charge on any atom is -0.461 e. The number of carbonyl (C=O) groups is 2. The molecule has 0 aliphatic rings. The summed E-state index contributed by atoms with van der Waals surface area (Å²) in [6.45, 7) is 4.89. The molecule has 300 valence electrons. The third kappa shape index (κ3) is 36.4. The molecule has 0 saturated heterocycles. The number of ether oxygens (including phenoxy) is 2. The normalized spacial score (nSPS) is 13.3. The van der Waals surface area contributed by atoms with Crippen molar-refractivity contribution in [3.05, 3.63) is 24.3 Å². The molecule has 0 saturated carbocycles. The zero-order valence-electron chi connectivity index (χ0n) is 34.1. The number of nitrogens with zero attached hydrogens (tertiary/aromatic N) is 1. The number of esters is 2. The van der Waals surface area contributed by atoms with Crippen LogP contribution in [0.5, 0.6) is 0 Å². The monoisotopic (exact) mass is 723 g/mol. The number of unbranched alkanes of at least 4 members (excludes halogenated alkanes) is 22. The topological polar surface area (TPSA) is 93.1 Å². The molecule has 0 aromatic carbocycles. The lowest BCUT2D eigenvalue weighted by Crippen LogP contribution is -2.52. The van der Waals surface area contributed by atoms with Gasteiger partial charge in [0.25, 0.3) is 0 Å². The van der Waals surface area contributed by atoms with Crippen LogP contribution in [0.3, 0.4) is 0 Å². The van der Waals surface area contributed by atoms with Crippen LogP contribution in [0.25, 0.3) is 0 Å². The predicted octanol–water partition coefficient (Wildman–Crippen LogP) is 10.9. The molecule has 0 fully saturated rings. The first-order chi connectivity index (χ1) is 24.7. The van der Waals surface area contributed by atoms with Crippen LogP contribution in [0.1, 0.15) is 194 Å². The molecule has 0 bridgehead atoms. The Bertz CT molecular complexity index is 841. The summed E-state index contributed by atoms with van der Waals surface area (Å²) in [6.07, 6.45) is 40.0. The molecule has 1 unspecified atom stereocenters. The Morgan fingerprint density at radius 2 is 0.922 bits per heavy atom. The molecule has 0 spiro atoms. The van der Waals surface area contributed by atoms with Crippen molar-refractivity contribution < 1.29 is 33.8 Å². The lowest BCUT2D eigenvalue weighted by Gasteiger charge is -2.34. The second-order valence-corrected chi connectivity index (χ2v) is 15.6. The van der Waals surface area contributed by atoms with Crippen LogP contribution < -0.4 is 0 Å². The average molecular weight is 723 g/mol. The summed E-state index contributed by atoms with van der Waals surface area (Å²) in [6, 6.07) is 0. The maximum atomic E-state index is 12.8. The minimum absolute atomic E-state index is 0.0128. The number of carbonyl (C=O) groups excluding carboxylic acids is 2. The number of aliphatic hydroxyl groups excluding tert-OH is 2. The van der Waals surface area contributed by atoms with Gasteiger partial charge < -0.3 is 24.2 Å². The number of quaternary nitrogens is 1. The van der Waals surface area contributed by atoms with Gasteiger partial charge in [0.15, 0.2) is 6.10 Å². The first-order valence-corrected chi connectivity index (χ1v) is 21.5. The van der Waals surface area contributed by atoms with E-state index in [1.165, 1.54) is 116 Å². The third-order valence-electron chi connectivity index (χ3n) is 9.63. The van der Waals surface area contributed by atoms with Crippen molar-refractivity contribution in [1.82, 2.24) is 0 Å². The van der Waals surface area contributed by atoms with Gasteiger partial charge in [-0.1, -0.05) is 141 Å². The highest BCUT2D eigenvalue weighted by atomic mass is 16.6. The van der Waals surface area contributed by atoms with Gasteiger partial charge in [0.1, 0.15) is 25.8 Å². The van der Waals surface area contributed by atoms with Gasteiger partial charge in [-0.3, -0.25) is 9.59 Å². The maximum Gasteiger partial charge on any atom is 0.306 e. The van der Waals surface area contributed by atoms with E-state index in [0.717, 1.165) is 51.4 Å². The molecular formula is C44H84NO6+. The van der Waals surface area contributed by atoms with Crippen LogP contribution in [-0.2, 0) is 19.1 Å². The summed E-state index contributed by atoms with van der Waals surface area (Å²) >= 11 is 0. The summed E-state index contributed by atoms with van der Waals surface area (Å²) in [5.41, 5.74) is 0. The van der Waals surface area contributed by atoms with Crippen molar-refractivity contribution in [1.29, 1.82) is 0 Å². The maximum absolute atomic E-state index is 12.8. The number of likely N-dealkylation sites (N-methyl/N-ethyl adjacent to an activating group) is 1. The van der Waals surface area contributed by atoms with E-state index >= 15 is 0 Å². The van der Waals surface area contributed by atoms with Gasteiger partial charge in [-0.25, -0.2) is 0 Å². The number of hydrogen-bond donors (Lipinski definition) is 2. The highest BCUT2D eigenvalue weighted by Crippen LogP contribution is 2.14. The second kappa shape index (κ2) is 36.6. The van der Waals surface area contributed by atoms with E-state index < -0.39 is 12.2 Å². The van der Waals surface area contributed by atoms with Crippen LogP contribution in [0, 0.1) is 0 Å². The molecule has 0 aliphatic carbocycles. The van der Waals surface area contributed by atoms with E-state index in [0.29, 0.717) is 30.4 Å². The van der Waals surface area contributed by atoms with Crippen molar-refractivity contribution in [2.75, 3.05) is 40.4 Å². The van der Waals surface area contributed by atoms with E-state index in [9.17, 15) is 19.8 Å². The van der Waals surface area contributed by atoms with Crippen LogP contribution in [0.4, 0.5) is 0 Å². The highest BCUT2D eigenvalue weighted by Gasteiger charge is 2.28. The molecule has 0 rings (SSSR count). The quantitative estimate of drug-likeness (QED) is 0.0285. The van der Waals surface area contributed by atoms with Crippen molar-refractivity contribution in [2.24, 2.45) is 0 Å². The van der Waals surface area contributed by atoms with Gasteiger partial charge in [0, 0.05) is 12.8 Å². The Morgan fingerprint density at radius 3 is 1.33 bits per heavy atom. The van der Waals surface area contributed by atoms with Gasteiger partial charge in [0.2, 0.25) is 0 Å². The van der Waals surface area contributed by atoms with Crippen molar-refractivity contribution >= 4 is 11.9 Å². The summed E-state index contributed by atoms with van der Waals surface area (Å²) in [7, 11) is 3.83. The number of hydrogen-bond acceptors (Lipinski definition) is 6. The Hall–Kier alpha value is -1.70. The molecule has 7 heteroatoms. The Kier molecular flexibility index (Phi) is 35.4. The molecule has 7 nitrogen and oxygen atoms in total. The molecule has 0 aromatic rings. The highest BCUT2D eigenvalue weighted by molar-refractivity contribution is 5.70. The van der Waals surface area contributed by atoms with Crippen molar-refractivity contribution in [3.8, 4) is 0 Å². The zero-order valence-corrected chi connectivity index (χ0v) is 34.1. The Balaban J connectivity index is 4.24. The number of rotatable bonds is 38. The lowest BCUT2D eigenvalue weighted by molar-refractivity contribution is -0.896. The second-order valence-electron chi connectivity index (χ2n) is 15.6. The van der Waals surface area contributed by atoms with Crippen molar-refractivity contribution in [2.45, 2.75) is 206 Å². The molecule has 0 aliphatic heterocycles. The third-order valence-corrected chi connectivity index (χ3v) is 9.63. The molecule has 51 heavy (non-hydrogen) atoms. The average Bonchev–Trinajstić information content (AvgIpc) is 3.10. The summed E-state index contributed by atoms with van der Waals surface area (Å²) < 4.78 is 11.7. The smallest absolute Gasteiger partial charge is 0.306 e. The van der Waals surface area contributed by atoms with Crippen molar-refractivity contribution in [3.63, 3.8) is 0 Å². The van der Waals surface area contributed by atoms with E-state index in [1.807, 2.05) is 14.1 Å². The van der Waals surface area contributed by atoms with Crippen LogP contribution in [0.15, 0.2) is 24.3 Å². The SMILES string of the molecule is CCCCCCCCC=CCCCCCCCC(=O)OC[C@H](C[N+](C)(C)CC(O)CO)OC(=O)CCCCCCCC=CCCCCCCCC. The van der Waals surface area contributed by atoms with E-state index in [-0.39, 0.29) is 25.2 Å². The van der Waals surface area contributed by atoms with Crippen LogP contribution in [-0.4, -0.2) is 79.2 Å². The molecule has 0 radical (unpaired) electrons. The first kappa shape index (κ1) is 49.3. The molecule has 2 atom stereocenters. The molecule has 0 heterocycles. The summed E-state index contributed by atoms with van der Waals surface area (Å²) in [5, 5.41) is 19.3. The van der Waals surface area contributed by atoms with Crippen LogP contribution in [0.2, 0.25) is 0 Å². The fourth-order valence-corrected chi connectivity index (χ4v) is 6.56. The minimum atomic E-state index is -0.865. The van der Waals surface area contributed by atoms with Crippen LogP contribution >= 0.6 is 0 Å². The molecular weight excluding hydrogens is 638 g/mol. The molecule has 2 N–H and O–H groups in total. The van der Waals surface area contributed by atoms with E-state index in [2.05, 4.69) is 38.2 Å². The van der Waals surface area contributed by atoms with Gasteiger partial charge in [-0.2, -0.15) is 0 Å². The summed E-state index contributed by atoms with van der Waals surface area (Å²) in [4.78, 5) is 25.3. The van der Waals surface area contributed by atoms with E-state index in [1.54, 1.807) is 0 Å². The van der Waals surface area contributed by atoms with Gasteiger partial charge in [0.05, 0.1) is 20.7 Å². The largest absolute Gasteiger partial charge is 0.461 e. The molecule has 0 amide bonds. The Morgan fingerprint density at radius 1 is 0.549 bits per heavy atom. The van der Waals surface area contributed by atoms with Gasteiger partial charge >= 0.3 is 11.9 Å². The first-order valence-electron chi connectivity index (χ1n) is 21.5. The number of allylic oxidation sites excluding steroid dienone is 4. The fraction of sp³-hybridized carbons (Fsp3) is 0.864. The number of aliphatic hydroxyl groups is 2. The zero-order chi connectivity index (χ0) is 37.7.